The van der Waals surface area contributed by atoms with Crippen molar-refractivity contribution in [1.82, 2.24) is 10.2 Å². The van der Waals surface area contributed by atoms with Gasteiger partial charge in [0, 0.05) is 19.6 Å². The molecular weight excluding hydrogens is 264 g/mol. The number of nitrogens with zero attached hydrogens (tertiary/aromatic N) is 1. The first kappa shape index (κ1) is 16.0. The lowest BCUT2D eigenvalue weighted by Gasteiger charge is -2.48. The second-order valence-electron chi connectivity index (χ2n) is 6.34. The molecule has 1 aromatic carbocycles. The van der Waals surface area contributed by atoms with Crippen molar-refractivity contribution in [3.63, 3.8) is 0 Å². The van der Waals surface area contributed by atoms with Crippen molar-refractivity contribution >= 4 is 5.91 Å². The molecule has 2 N–H and O–H groups in total. The Labute approximate surface area is 127 Å². The zero-order valence-electron chi connectivity index (χ0n) is 13.0. The number of hydrogen-bond donors (Lipinski definition) is 2. The second kappa shape index (κ2) is 7.05. The zero-order chi connectivity index (χ0) is 15.3. The summed E-state index contributed by atoms with van der Waals surface area (Å²) >= 11 is 0. The molecule has 1 aliphatic heterocycles. The summed E-state index contributed by atoms with van der Waals surface area (Å²) in [5.74, 6) is 0.288. The normalized spacial score (nSPS) is 17.5. The molecule has 0 atom stereocenters. The van der Waals surface area contributed by atoms with E-state index in [0.29, 0.717) is 26.2 Å². The Hall–Kier alpha value is -1.39. The minimum Gasteiger partial charge on any atom is -0.387 e. The van der Waals surface area contributed by atoms with Crippen LogP contribution in [0, 0.1) is 5.92 Å². The molecule has 1 amide bonds. The van der Waals surface area contributed by atoms with E-state index in [-0.39, 0.29) is 11.8 Å². The number of β-amino-alcohol motifs (C(OH)–C–C–N with tert-alkyl or cyclic N) is 1. The van der Waals surface area contributed by atoms with Crippen LogP contribution in [0.1, 0.15) is 25.8 Å². The number of benzene rings is 1. The molecule has 1 heterocycles. The van der Waals surface area contributed by atoms with Gasteiger partial charge in [0.1, 0.15) is 0 Å². The summed E-state index contributed by atoms with van der Waals surface area (Å²) in [6.45, 7) is 6.32. The maximum absolute atomic E-state index is 11.8. The fraction of sp³-hybridized carbons (Fsp3) is 0.588. The average Bonchev–Trinajstić information content (AvgIpc) is 2.42. The highest BCUT2D eigenvalue weighted by Gasteiger charge is 2.43. The highest BCUT2D eigenvalue weighted by atomic mass is 16.3. The SMILES string of the molecule is CC(C)C1(O)CN(CC(=O)NCCCc2ccccc2)C1. The first-order valence-corrected chi connectivity index (χ1v) is 7.75. The molecule has 4 heteroatoms. The minimum absolute atomic E-state index is 0.0499. The number of amides is 1. The molecule has 116 valence electrons. The van der Waals surface area contributed by atoms with Crippen molar-refractivity contribution in [1.29, 1.82) is 0 Å². The van der Waals surface area contributed by atoms with Crippen LogP contribution in [0.2, 0.25) is 0 Å². The first-order chi connectivity index (χ1) is 9.99. The van der Waals surface area contributed by atoms with E-state index in [1.165, 1.54) is 5.56 Å². The van der Waals surface area contributed by atoms with Crippen molar-refractivity contribution in [3.8, 4) is 0 Å². The van der Waals surface area contributed by atoms with E-state index in [1.807, 2.05) is 36.9 Å². The Balaban J connectivity index is 1.57. The van der Waals surface area contributed by atoms with Gasteiger partial charge in [0.15, 0.2) is 0 Å². The van der Waals surface area contributed by atoms with Gasteiger partial charge in [-0.1, -0.05) is 44.2 Å². The first-order valence-electron chi connectivity index (χ1n) is 7.75. The second-order valence-corrected chi connectivity index (χ2v) is 6.34. The van der Waals surface area contributed by atoms with Crippen molar-refractivity contribution in [2.45, 2.75) is 32.3 Å². The summed E-state index contributed by atoms with van der Waals surface area (Å²) in [4.78, 5) is 13.8. The smallest absolute Gasteiger partial charge is 0.234 e. The zero-order valence-corrected chi connectivity index (χ0v) is 13.0. The van der Waals surface area contributed by atoms with Crippen molar-refractivity contribution in [3.05, 3.63) is 35.9 Å². The molecule has 2 rings (SSSR count). The minimum atomic E-state index is -0.604. The molecule has 21 heavy (non-hydrogen) atoms. The molecule has 1 aliphatic rings. The van der Waals surface area contributed by atoms with Crippen LogP contribution in [-0.4, -0.2) is 47.7 Å². The van der Waals surface area contributed by atoms with E-state index in [4.69, 9.17) is 0 Å². The van der Waals surface area contributed by atoms with Gasteiger partial charge in [-0.2, -0.15) is 0 Å². The Bertz CT molecular complexity index is 453. The summed E-state index contributed by atoms with van der Waals surface area (Å²) in [5.41, 5.74) is 0.699. The van der Waals surface area contributed by atoms with E-state index in [1.54, 1.807) is 0 Å². The van der Waals surface area contributed by atoms with Crippen LogP contribution in [0.25, 0.3) is 0 Å². The van der Waals surface area contributed by atoms with Crippen LogP contribution in [0.5, 0.6) is 0 Å². The van der Waals surface area contributed by atoms with Crippen LogP contribution >= 0.6 is 0 Å². The van der Waals surface area contributed by atoms with E-state index < -0.39 is 5.60 Å². The third-order valence-corrected chi connectivity index (χ3v) is 4.24. The van der Waals surface area contributed by atoms with Gasteiger partial charge < -0.3 is 10.4 Å². The van der Waals surface area contributed by atoms with Gasteiger partial charge in [-0.3, -0.25) is 9.69 Å². The van der Waals surface area contributed by atoms with E-state index >= 15 is 0 Å². The van der Waals surface area contributed by atoms with Crippen LogP contribution in [0.4, 0.5) is 0 Å². The average molecular weight is 290 g/mol. The number of carbonyl (C=O) groups is 1. The van der Waals surface area contributed by atoms with Crippen molar-refractivity contribution in [2.75, 3.05) is 26.2 Å². The van der Waals surface area contributed by atoms with Gasteiger partial charge in [0.2, 0.25) is 5.91 Å². The summed E-state index contributed by atoms with van der Waals surface area (Å²) < 4.78 is 0. The summed E-state index contributed by atoms with van der Waals surface area (Å²) in [6.07, 6.45) is 1.93. The number of aliphatic hydroxyl groups is 1. The fourth-order valence-corrected chi connectivity index (χ4v) is 2.63. The highest BCUT2D eigenvalue weighted by Crippen LogP contribution is 2.27. The van der Waals surface area contributed by atoms with E-state index in [2.05, 4.69) is 17.4 Å². The third-order valence-electron chi connectivity index (χ3n) is 4.24. The van der Waals surface area contributed by atoms with Gasteiger partial charge in [-0.05, 0) is 24.3 Å². The molecule has 0 spiro atoms. The predicted molar refractivity (Wildman–Crippen MR) is 84.0 cm³/mol. The lowest BCUT2D eigenvalue weighted by molar-refractivity contribution is -0.142. The molecule has 0 bridgehead atoms. The van der Waals surface area contributed by atoms with Gasteiger partial charge in [0.25, 0.3) is 0 Å². The maximum atomic E-state index is 11.8. The molecule has 0 saturated carbocycles. The largest absolute Gasteiger partial charge is 0.387 e. The van der Waals surface area contributed by atoms with E-state index in [9.17, 15) is 9.90 Å². The van der Waals surface area contributed by atoms with Crippen molar-refractivity contribution in [2.24, 2.45) is 5.92 Å². The number of hydrogen-bond acceptors (Lipinski definition) is 3. The van der Waals surface area contributed by atoms with Gasteiger partial charge in [-0.25, -0.2) is 0 Å². The summed E-state index contributed by atoms with van der Waals surface area (Å²) in [7, 11) is 0. The highest BCUT2D eigenvalue weighted by molar-refractivity contribution is 5.78. The lowest BCUT2D eigenvalue weighted by Crippen LogP contribution is -2.65. The Morgan fingerprint density at radius 2 is 2.00 bits per heavy atom. The molecule has 0 radical (unpaired) electrons. The Kier molecular flexibility index (Phi) is 5.37. The summed E-state index contributed by atoms with van der Waals surface area (Å²) in [6, 6.07) is 10.3. The molecule has 1 saturated heterocycles. The Morgan fingerprint density at radius 3 is 2.62 bits per heavy atom. The van der Waals surface area contributed by atoms with Gasteiger partial charge in [-0.15, -0.1) is 0 Å². The summed E-state index contributed by atoms with van der Waals surface area (Å²) in [5, 5.41) is 13.1. The quantitative estimate of drug-likeness (QED) is 0.747. The van der Waals surface area contributed by atoms with Gasteiger partial charge >= 0.3 is 0 Å². The number of nitrogens with one attached hydrogen (secondary N) is 1. The fourth-order valence-electron chi connectivity index (χ4n) is 2.63. The molecular formula is C17H26N2O2. The molecule has 4 nitrogen and oxygen atoms in total. The van der Waals surface area contributed by atoms with Crippen LogP contribution in [0.3, 0.4) is 0 Å². The van der Waals surface area contributed by atoms with E-state index in [0.717, 1.165) is 12.8 Å². The molecule has 1 aromatic rings. The van der Waals surface area contributed by atoms with Crippen LogP contribution < -0.4 is 5.32 Å². The van der Waals surface area contributed by atoms with Crippen molar-refractivity contribution < 1.29 is 9.90 Å². The molecule has 0 aliphatic carbocycles. The predicted octanol–water partition coefficient (Wildman–Crippen LogP) is 1.44. The monoisotopic (exact) mass is 290 g/mol. The molecule has 1 fully saturated rings. The standard InChI is InChI=1S/C17H26N2O2/c1-14(2)17(21)12-19(13-17)11-16(20)18-10-6-9-15-7-4-3-5-8-15/h3-5,7-8,14,21H,6,9-13H2,1-2H3,(H,18,20). The topological polar surface area (TPSA) is 52.6 Å². The Morgan fingerprint density at radius 1 is 1.33 bits per heavy atom. The number of rotatable bonds is 7. The number of carbonyl (C=O) groups excluding carboxylic acids is 1. The van der Waals surface area contributed by atoms with Gasteiger partial charge in [0.05, 0.1) is 12.1 Å². The molecule has 0 unspecified atom stereocenters. The van der Waals surface area contributed by atoms with Crippen LogP contribution in [0.15, 0.2) is 30.3 Å². The molecule has 0 aromatic heterocycles. The lowest BCUT2D eigenvalue weighted by atomic mass is 9.83. The third kappa shape index (κ3) is 4.55. The number of likely N-dealkylation sites (tertiary alicyclic amines) is 1. The van der Waals surface area contributed by atoms with Crippen LogP contribution in [-0.2, 0) is 11.2 Å². The maximum Gasteiger partial charge on any atom is 0.234 e. The number of aryl methyl sites for hydroxylation is 1.